The van der Waals surface area contributed by atoms with E-state index in [1.54, 1.807) is 6.21 Å². The largest absolute Gasteiger partial charge is 0.514 e. The van der Waals surface area contributed by atoms with Crippen LogP contribution in [0.4, 0.5) is 11.5 Å². The molecule has 1 saturated heterocycles. The summed E-state index contributed by atoms with van der Waals surface area (Å²) in [5, 5.41) is 0. The van der Waals surface area contributed by atoms with Gasteiger partial charge in [-0.2, -0.15) is 0 Å². The van der Waals surface area contributed by atoms with Crippen molar-refractivity contribution in [1.82, 2.24) is 4.98 Å². The second kappa shape index (κ2) is 6.08. The SMILES string of the molecule is CC1(C)OB(c2cccc(N3c4ccccc4C=NC3Cl)n2)OC1(C)C. The molecule has 3 heterocycles. The summed E-state index contributed by atoms with van der Waals surface area (Å²) >= 11 is 6.47. The summed E-state index contributed by atoms with van der Waals surface area (Å²) in [6.07, 6.45) is 1.79. The van der Waals surface area contributed by atoms with E-state index in [0.717, 1.165) is 16.8 Å². The number of anilines is 2. The Morgan fingerprint density at radius 2 is 1.69 bits per heavy atom. The Labute approximate surface area is 159 Å². The first-order valence-electron chi connectivity index (χ1n) is 8.67. The summed E-state index contributed by atoms with van der Waals surface area (Å²) in [5.41, 5.74) is 1.33. The minimum Gasteiger partial charge on any atom is -0.398 e. The van der Waals surface area contributed by atoms with Crippen LogP contribution in [0, 0.1) is 0 Å². The van der Waals surface area contributed by atoms with Crippen LogP contribution in [0.3, 0.4) is 0 Å². The third kappa shape index (κ3) is 2.82. The highest BCUT2D eigenvalue weighted by Crippen LogP contribution is 2.37. The lowest BCUT2D eigenvalue weighted by atomic mass is 9.84. The van der Waals surface area contributed by atoms with Crippen LogP contribution < -0.4 is 10.5 Å². The zero-order valence-corrected chi connectivity index (χ0v) is 16.1. The average Bonchev–Trinajstić information content (AvgIpc) is 2.83. The van der Waals surface area contributed by atoms with Crippen molar-refractivity contribution in [2.45, 2.75) is 44.5 Å². The molecule has 1 fully saturated rings. The van der Waals surface area contributed by atoms with E-state index in [0.29, 0.717) is 5.82 Å². The van der Waals surface area contributed by atoms with Gasteiger partial charge in [0.05, 0.1) is 22.5 Å². The molecule has 5 nitrogen and oxygen atoms in total. The quantitative estimate of drug-likeness (QED) is 0.462. The second-order valence-corrected chi connectivity index (χ2v) is 7.92. The van der Waals surface area contributed by atoms with Gasteiger partial charge in [-0.25, -0.2) is 4.98 Å². The smallest absolute Gasteiger partial charge is 0.398 e. The van der Waals surface area contributed by atoms with Crippen molar-refractivity contribution in [2.24, 2.45) is 4.99 Å². The Hall–Kier alpha value is -1.89. The first kappa shape index (κ1) is 17.5. The zero-order chi connectivity index (χ0) is 18.5. The predicted molar refractivity (Wildman–Crippen MR) is 106 cm³/mol. The van der Waals surface area contributed by atoms with E-state index < -0.39 is 23.9 Å². The molecule has 26 heavy (non-hydrogen) atoms. The molecule has 0 spiro atoms. The Morgan fingerprint density at radius 3 is 2.42 bits per heavy atom. The van der Waals surface area contributed by atoms with Crippen LogP contribution in [0.15, 0.2) is 47.5 Å². The maximum absolute atomic E-state index is 6.47. The van der Waals surface area contributed by atoms with Gasteiger partial charge >= 0.3 is 7.12 Å². The van der Waals surface area contributed by atoms with Crippen LogP contribution >= 0.6 is 11.6 Å². The number of rotatable bonds is 2. The molecule has 1 unspecified atom stereocenters. The maximum Gasteiger partial charge on any atom is 0.514 e. The van der Waals surface area contributed by atoms with E-state index in [2.05, 4.69) is 4.99 Å². The highest BCUT2D eigenvalue weighted by atomic mass is 35.5. The van der Waals surface area contributed by atoms with Crippen molar-refractivity contribution in [3.05, 3.63) is 48.0 Å². The number of halogens is 1. The third-order valence-corrected chi connectivity index (χ3v) is 5.55. The van der Waals surface area contributed by atoms with Crippen LogP contribution in [0.5, 0.6) is 0 Å². The van der Waals surface area contributed by atoms with Gasteiger partial charge in [0.2, 0.25) is 5.62 Å². The van der Waals surface area contributed by atoms with E-state index in [1.807, 2.05) is 75.1 Å². The summed E-state index contributed by atoms with van der Waals surface area (Å²) in [6.45, 7) is 8.12. The third-order valence-electron chi connectivity index (χ3n) is 5.24. The van der Waals surface area contributed by atoms with E-state index in [-0.39, 0.29) is 0 Å². The summed E-state index contributed by atoms with van der Waals surface area (Å²) in [6, 6.07) is 13.7. The van der Waals surface area contributed by atoms with E-state index >= 15 is 0 Å². The molecule has 7 heteroatoms. The maximum atomic E-state index is 6.47. The van der Waals surface area contributed by atoms with Gasteiger partial charge in [-0.3, -0.25) is 9.89 Å². The molecular formula is C19H21BClN3O2. The first-order valence-corrected chi connectivity index (χ1v) is 9.10. The number of benzene rings is 1. The molecule has 0 aliphatic carbocycles. The van der Waals surface area contributed by atoms with Gasteiger partial charge in [-0.05, 0) is 45.9 Å². The minimum atomic E-state index is -0.550. The number of hydrogen-bond acceptors (Lipinski definition) is 5. The molecule has 0 saturated carbocycles. The van der Waals surface area contributed by atoms with Gasteiger partial charge in [-0.1, -0.05) is 35.9 Å². The lowest BCUT2D eigenvalue weighted by Crippen LogP contribution is -2.41. The lowest BCUT2D eigenvalue weighted by molar-refractivity contribution is 0.00578. The van der Waals surface area contributed by atoms with Crippen LogP contribution in [-0.4, -0.2) is 35.1 Å². The van der Waals surface area contributed by atoms with Crippen molar-refractivity contribution in [2.75, 3.05) is 4.90 Å². The molecule has 1 aromatic heterocycles. The van der Waals surface area contributed by atoms with Gasteiger partial charge in [-0.15, -0.1) is 0 Å². The number of aromatic nitrogens is 1. The lowest BCUT2D eigenvalue weighted by Gasteiger charge is -2.32. The summed E-state index contributed by atoms with van der Waals surface area (Å²) in [4.78, 5) is 11.1. The standard InChI is InChI=1S/C19H21BClN3O2/c1-18(2)19(3,4)26-20(25-18)15-10-7-11-16(23-15)24-14-9-6-5-8-13(14)12-22-17(24)21/h5-12,17H,1-4H3. The fraction of sp³-hybridized carbons (Fsp3) is 0.368. The summed E-state index contributed by atoms with van der Waals surface area (Å²) in [7, 11) is -0.516. The van der Waals surface area contributed by atoms with Crippen LogP contribution in [-0.2, 0) is 9.31 Å². The second-order valence-electron chi connectivity index (χ2n) is 7.53. The number of fused-ring (bicyclic) bond motifs is 1. The monoisotopic (exact) mass is 369 g/mol. The predicted octanol–water partition coefficient (Wildman–Crippen LogP) is 3.47. The minimum absolute atomic E-state index is 0.410. The number of pyridine rings is 1. The van der Waals surface area contributed by atoms with Gasteiger partial charge in [0.25, 0.3) is 0 Å². The van der Waals surface area contributed by atoms with Gasteiger partial charge in [0.1, 0.15) is 5.82 Å². The van der Waals surface area contributed by atoms with Crippen LogP contribution in [0.1, 0.15) is 33.3 Å². The molecule has 0 N–H and O–H groups in total. The molecule has 0 bridgehead atoms. The van der Waals surface area contributed by atoms with Crippen molar-refractivity contribution in [3.63, 3.8) is 0 Å². The van der Waals surface area contributed by atoms with Crippen molar-refractivity contribution in [1.29, 1.82) is 0 Å². The fourth-order valence-electron chi connectivity index (χ4n) is 3.04. The first-order chi connectivity index (χ1) is 12.3. The van der Waals surface area contributed by atoms with E-state index in [1.165, 1.54) is 0 Å². The van der Waals surface area contributed by atoms with E-state index in [9.17, 15) is 0 Å². The van der Waals surface area contributed by atoms with E-state index in [4.69, 9.17) is 25.9 Å². The molecule has 1 atom stereocenters. The van der Waals surface area contributed by atoms with Gasteiger partial charge in [0, 0.05) is 11.8 Å². The topological polar surface area (TPSA) is 47.0 Å². The highest BCUT2D eigenvalue weighted by Gasteiger charge is 2.52. The molecule has 134 valence electrons. The molecule has 2 aromatic rings. The molecule has 0 radical (unpaired) electrons. The number of alkyl halides is 1. The zero-order valence-electron chi connectivity index (χ0n) is 15.3. The Kier molecular flexibility index (Phi) is 4.10. The number of nitrogens with zero attached hydrogens (tertiary/aromatic N) is 3. The Bertz CT molecular complexity index is 855. The van der Waals surface area contributed by atoms with Crippen molar-refractivity contribution >= 4 is 42.0 Å². The molecular weight excluding hydrogens is 348 g/mol. The number of hydrogen-bond donors (Lipinski definition) is 0. The number of aliphatic imine (C=N–C) groups is 1. The molecule has 0 amide bonds. The molecule has 2 aliphatic heterocycles. The molecule has 4 rings (SSSR count). The fourth-order valence-corrected chi connectivity index (χ4v) is 3.30. The number of para-hydroxylation sites is 1. The van der Waals surface area contributed by atoms with Crippen LogP contribution in [0.2, 0.25) is 0 Å². The molecule has 1 aromatic carbocycles. The van der Waals surface area contributed by atoms with Crippen molar-refractivity contribution < 1.29 is 9.31 Å². The average molecular weight is 370 g/mol. The Morgan fingerprint density at radius 1 is 1.00 bits per heavy atom. The molecule has 2 aliphatic rings. The summed E-state index contributed by atoms with van der Waals surface area (Å²) in [5.74, 6) is 0.710. The normalized spacial score (nSPS) is 23.2. The summed E-state index contributed by atoms with van der Waals surface area (Å²) < 4.78 is 12.2. The van der Waals surface area contributed by atoms with Gasteiger partial charge in [0.15, 0.2) is 0 Å². The Balaban J connectivity index is 1.70. The van der Waals surface area contributed by atoms with Gasteiger partial charge < -0.3 is 9.31 Å². The highest BCUT2D eigenvalue weighted by molar-refractivity contribution is 6.61. The van der Waals surface area contributed by atoms with Crippen molar-refractivity contribution in [3.8, 4) is 0 Å². The van der Waals surface area contributed by atoms with Crippen LogP contribution in [0.25, 0.3) is 0 Å².